The number of rotatable bonds is 12. The number of amides is 1. The van der Waals surface area contributed by atoms with Crippen LogP contribution in [-0.4, -0.2) is 70.5 Å². The first kappa shape index (κ1) is 28.7. The number of nitrogens with one attached hydrogen (secondary N) is 2. The summed E-state index contributed by atoms with van der Waals surface area (Å²) in [6.45, 7) is 10.4. The van der Waals surface area contributed by atoms with Crippen LogP contribution in [0.5, 0.6) is 0 Å². The summed E-state index contributed by atoms with van der Waals surface area (Å²) >= 11 is 0. The van der Waals surface area contributed by atoms with E-state index in [0.717, 1.165) is 4.57 Å². The van der Waals surface area contributed by atoms with Crippen LogP contribution in [0.1, 0.15) is 59.3 Å². The van der Waals surface area contributed by atoms with Gasteiger partial charge < -0.3 is 19.3 Å². The molecule has 1 amide bonds. The lowest BCUT2D eigenvalue weighted by Crippen LogP contribution is -2.51. The Kier molecular flexibility index (Phi) is 10.7. The number of ether oxygens (including phenoxy) is 2. The molecular formula is C26H39FN5O5P. The molecule has 38 heavy (non-hydrogen) atoms. The van der Waals surface area contributed by atoms with Crippen molar-refractivity contribution < 1.29 is 24.6 Å². The van der Waals surface area contributed by atoms with Gasteiger partial charge in [0.05, 0.1) is 18.8 Å². The largest absolute Gasteiger partial charge is 0.373 e. The summed E-state index contributed by atoms with van der Waals surface area (Å²) in [4.78, 5) is 29.3. The second-order valence-corrected chi connectivity index (χ2v) is 10.9. The summed E-state index contributed by atoms with van der Waals surface area (Å²) in [6.07, 6.45) is -2.19. The molecule has 1 fully saturated rings. The van der Waals surface area contributed by atoms with E-state index in [9.17, 15) is 9.59 Å². The Morgan fingerprint density at radius 2 is 2.00 bits per heavy atom. The molecule has 0 bridgehead atoms. The number of carbonyl (C=O) groups is 1. The molecule has 1 saturated heterocycles. The lowest BCUT2D eigenvalue weighted by molar-refractivity contribution is -0.118. The van der Waals surface area contributed by atoms with Crippen LogP contribution in [0.25, 0.3) is 0 Å². The van der Waals surface area contributed by atoms with Gasteiger partial charge in [0.2, 0.25) is 0 Å². The Morgan fingerprint density at radius 3 is 2.61 bits per heavy atom. The molecule has 0 radical (unpaired) electrons. The van der Waals surface area contributed by atoms with Crippen LogP contribution in [0.2, 0.25) is 0 Å². The second kappa shape index (κ2) is 14.2. The maximum Gasteiger partial charge on any atom is 0.349 e. The molecule has 210 valence electrons. The monoisotopic (exact) mass is 552 g/mol. The van der Waals surface area contributed by atoms with E-state index in [2.05, 4.69) is 20.1 Å². The molecule has 12 heteroatoms. The number of hydrogen-bond acceptors (Lipinski definition) is 8. The fourth-order valence-electron chi connectivity index (χ4n) is 4.21. The number of alkyl halides is 1. The fourth-order valence-corrected chi connectivity index (χ4v) is 6.08. The summed E-state index contributed by atoms with van der Waals surface area (Å²) in [6, 6.07) is 9.13. The predicted molar refractivity (Wildman–Crippen MR) is 146 cm³/mol. The van der Waals surface area contributed by atoms with Gasteiger partial charge in [0, 0.05) is 31.8 Å². The van der Waals surface area contributed by atoms with Crippen LogP contribution in [0.4, 0.5) is 10.2 Å². The summed E-state index contributed by atoms with van der Waals surface area (Å²) in [7, 11) is -1.52. The third kappa shape index (κ3) is 7.65. The van der Waals surface area contributed by atoms with Gasteiger partial charge >= 0.3 is 5.69 Å². The molecule has 1 aliphatic rings. The van der Waals surface area contributed by atoms with Crippen molar-refractivity contribution in [2.45, 2.75) is 78.0 Å². The number of carbonyl (C=O) groups excluding carboxylic acids is 1. The maximum absolute atomic E-state index is 16.1. The topological polar surface area (TPSA) is 107 Å². The Morgan fingerprint density at radius 1 is 1.29 bits per heavy atom. The van der Waals surface area contributed by atoms with Gasteiger partial charge in [-0.15, -0.1) is 0 Å². The van der Waals surface area contributed by atoms with Crippen LogP contribution in [0, 0.1) is 0 Å². The molecule has 1 aromatic carbocycles. The van der Waals surface area contributed by atoms with Gasteiger partial charge in [-0.05, 0) is 59.7 Å². The quantitative estimate of drug-likeness (QED) is 0.230. The Labute approximate surface area is 226 Å². The molecule has 5 atom stereocenters. The molecule has 2 heterocycles. The first-order valence-electron chi connectivity index (χ1n) is 13.5. The molecule has 0 saturated carbocycles. The number of benzene rings is 1. The van der Waals surface area contributed by atoms with E-state index in [0.29, 0.717) is 12.2 Å². The van der Waals surface area contributed by atoms with Gasteiger partial charge in [0.25, 0.3) is 5.91 Å². The van der Waals surface area contributed by atoms with Gasteiger partial charge in [-0.2, -0.15) is 4.98 Å². The summed E-state index contributed by atoms with van der Waals surface area (Å²) < 4.78 is 45.0. The van der Waals surface area contributed by atoms with Crippen molar-refractivity contribution in [2.24, 2.45) is 0 Å². The van der Waals surface area contributed by atoms with Crippen molar-refractivity contribution in [1.82, 2.24) is 19.3 Å². The normalized spacial score (nSPS) is 23.0. The summed E-state index contributed by atoms with van der Waals surface area (Å²) in [5, 5.41) is 5.83. The van der Waals surface area contributed by atoms with Crippen molar-refractivity contribution in [3.8, 4) is 0 Å². The van der Waals surface area contributed by atoms with E-state index >= 15 is 4.39 Å². The minimum Gasteiger partial charge on any atom is -0.373 e. The minimum absolute atomic E-state index is 0.0576. The highest BCUT2D eigenvalue weighted by Crippen LogP contribution is 2.45. The number of nitrogens with zero attached hydrogens (tertiary/aromatic N) is 3. The molecule has 0 aliphatic carbocycles. The van der Waals surface area contributed by atoms with Gasteiger partial charge in [0.15, 0.2) is 14.6 Å². The van der Waals surface area contributed by atoms with Crippen molar-refractivity contribution in [2.75, 3.05) is 25.3 Å². The molecule has 3 rings (SSSR count). The highest BCUT2D eigenvalue weighted by molar-refractivity contribution is 7.47. The molecule has 0 spiro atoms. The van der Waals surface area contributed by atoms with Crippen LogP contribution in [0.15, 0.2) is 47.4 Å². The summed E-state index contributed by atoms with van der Waals surface area (Å²) in [5.74, 6) is -0.355. The number of anilines is 1. The van der Waals surface area contributed by atoms with E-state index in [4.69, 9.17) is 15.4 Å². The lowest BCUT2D eigenvalue weighted by Gasteiger charge is -2.43. The molecule has 1 aromatic heterocycles. The fraction of sp³-hybridized carbons (Fsp3) is 0.577. The van der Waals surface area contributed by atoms with Gasteiger partial charge in [-0.1, -0.05) is 18.2 Å². The van der Waals surface area contributed by atoms with Crippen molar-refractivity contribution in [3.05, 3.63) is 58.6 Å². The Balaban J connectivity index is 1.81. The van der Waals surface area contributed by atoms with E-state index in [1.165, 1.54) is 12.3 Å². The van der Waals surface area contributed by atoms with Crippen molar-refractivity contribution >= 4 is 20.2 Å². The van der Waals surface area contributed by atoms with E-state index in [1.54, 1.807) is 30.3 Å². The van der Waals surface area contributed by atoms with Crippen molar-refractivity contribution in [3.63, 3.8) is 0 Å². The molecular weight excluding hydrogens is 512 g/mol. The maximum atomic E-state index is 16.1. The molecule has 2 N–H and O–H groups in total. The number of halogens is 1. The average Bonchev–Trinajstić information content (AvgIpc) is 2.90. The standard InChI is InChI=1S/C26H39FN5O5P/c1-7-35-16-28-38(32(17(2)3)18(4)5)37-24-19(6)36-15-21(23(24)27)31-14-13-22(30-26(31)34)29-25(33)20-11-9-8-10-12-20/h8-14,17-19,21,23-24,28H,7,15-16H2,1-6H3,(H,29,30,33,34)/i6D. The smallest absolute Gasteiger partial charge is 0.349 e. The van der Waals surface area contributed by atoms with Gasteiger partial charge in [0.1, 0.15) is 18.7 Å². The zero-order valence-electron chi connectivity index (χ0n) is 23.5. The first-order chi connectivity index (χ1) is 18.7. The predicted octanol–water partition coefficient (Wildman–Crippen LogP) is 4.11. The molecule has 1 aliphatic heterocycles. The first-order valence-corrected chi connectivity index (χ1v) is 14.0. The summed E-state index contributed by atoms with van der Waals surface area (Å²) in [5.41, 5.74) is -0.316. The van der Waals surface area contributed by atoms with Crippen LogP contribution in [-0.2, 0) is 14.0 Å². The van der Waals surface area contributed by atoms with Crippen LogP contribution in [0.3, 0.4) is 0 Å². The zero-order valence-corrected chi connectivity index (χ0v) is 23.4. The number of hydrogen-bond donors (Lipinski definition) is 2. The highest BCUT2D eigenvalue weighted by Gasteiger charge is 2.44. The molecule has 5 unspecified atom stereocenters. The lowest BCUT2D eigenvalue weighted by atomic mass is 10.0. The third-order valence-electron chi connectivity index (χ3n) is 5.99. The SMILES string of the molecule is [2H]CC1OCC(n2ccc(NC(=O)c3ccccc3)nc2=O)C(F)C1OP(NCOCC)N(C(C)C)C(C)C. The van der Waals surface area contributed by atoms with Gasteiger partial charge in [-0.25, -0.2) is 18.9 Å². The Bertz CT molecular complexity index is 1100. The van der Waals surface area contributed by atoms with E-state index in [1.807, 2.05) is 34.6 Å². The van der Waals surface area contributed by atoms with E-state index < -0.39 is 44.5 Å². The average molecular weight is 553 g/mol. The van der Waals surface area contributed by atoms with E-state index in [-0.39, 0.29) is 38.1 Å². The van der Waals surface area contributed by atoms with Gasteiger partial charge in [-0.3, -0.25) is 9.36 Å². The van der Waals surface area contributed by atoms with Crippen LogP contribution >= 0.6 is 8.45 Å². The molecule has 2 aromatic rings. The highest BCUT2D eigenvalue weighted by atomic mass is 31.2. The number of aromatic nitrogens is 2. The minimum atomic E-state index is -1.65. The third-order valence-corrected chi connectivity index (χ3v) is 8.18. The Hall–Kier alpha value is -2.27. The molecule has 10 nitrogen and oxygen atoms in total. The zero-order chi connectivity index (χ0) is 28.5. The second-order valence-electron chi connectivity index (χ2n) is 9.41. The van der Waals surface area contributed by atoms with Crippen molar-refractivity contribution in [1.29, 1.82) is 0 Å². The van der Waals surface area contributed by atoms with Crippen LogP contribution < -0.4 is 16.1 Å².